The Morgan fingerprint density at radius 3 is 2.58 bits per heavy atom. The standard InChI is InChI=1S/C17H14O7/c1-22-12-3-8(18)4-13-14(12)15(21)17-16(24-13)9-5-11(20)10(19)2-7(9)6-23-17/h2-5,16-20H,6H2,1H3/t16-,17-/m1/s1. The minimum atomic E-state index is -0.896. The molecule has 2 aliphatic heterocycles. The number of hydrogen-bond acceptors (Lipinski definition) is 7. The zero-order valence-corrected chi connectivity index (χ0v) is 12.6. The molecule has 7 heteroatoms. The summed E-state index contributed by atoms with van der Waals surface area (Å²) in [6.45, 7) is 0.106. The molecule has 2 atom stereocenters. The normalized spacial score (nSPS) is 21.3. The van der Waals surface area contributed by atoms with E-state index in [9.17, 15) is 20.1 Å². The second kappa shape index (κ2) is 5.04. The minimum Gasteiger partial charge on any atom is -0.508 e. The zero-order chi connectivity index (χ0) is 17.0. The highest BCUT2D eigenvalue weighted by atomic mass is 16.6. The van der Waals surface area contributed by atoms with Crippen LogP contribution in [0.25, 0.3) is 0 Å². The number of Topliss-reactive ketones (excluding diaryl/α,β-unsaturated/α-hetero) is 1. The van der Waals surface area contributed by atoms with Crippen molar-refractivity contribution in [3.05, 3.63) is 41.0 Å². The van der Waals surface area contributed by atoms with Gasteiger partial charge in [0.1, 0.15) is 22.8 Å². The van der Waals surface area contributed by atoms with E-state index in [1.165, 1.54) is 31.4 Å². The molecular weight excluding hydrogens is 316 g/mol. The Hall–Kier alpha value is -2.93. The molecule has 0 radical (unpaired) electrons. The van der Waals surface area contributed by atoms with Crippen LogP contribution in [0, 0.1) is 0 Å². The fraction of sp³-hybridized carbons (Fsp3) is 0.235. The van der Waals surface area contributed by atoms with E-state index in [2.05, 4.69) is 0 Å². The van der Waals surface area contributed by atoms with E-state index in [0.29, 0.717) is 11.1 Å². The Kier molecular flexibility index (Phi) is 3.07. The average molecular weight is 330 g/mol. The molecule has 2 aromatic rings. The van der Waals surface area contributed by atoms with E-state index < -0.39 is 12.2 Å². The summed E-state index contributed by atoms with van der Waals surface area (Å²) < 4.78 is 16.6. The van der Waals surface area contributed by atoms with Crippen LogP contribution in [0.15, 0.2) is 24.3 Å². The first-order valence-corrected chi connectivity index (χ1v) is 7.28. The smallest absolute Gasteiger partial charge is 0.203 e. The third-order valence-electron chi connectivity index (χ3n) is 4.27. The predicted octanol–water partition coefficient (Wildman–Crippen LogP) is 2.03. The van der Waals surface area contributed by atoms with Crippen molar-refractivity contribution in [1.29, 1.82) is 0 Å². The molecule has 0 spiro atoms. The number of carbonyl (C=O) groups is 1. The molecule has 0 saturated carbocycles. The van der Waals surface area contributed by atoms with E-state index in [1.807, 2.05) is 0 Å². The van der Waals surface area contributed by atoms with E-state index in [1.54, 1.807) is 0 Å². The molecule has 124 valence electrons. The topological polar surface area (TPSA) is 105 Å². The fourth-order valence-electron chi connectivity index (χ4n) is 3.15. The summed E-state index contributed by atoms with van der Waals surface area (Å²) in [5, 5.41) is 29.2. The van der Waals surface area contributed by atoms with Crippen molar-refractivity contribution < 1.29 is 34.3 Å². The molecule has 2 aromatic carbocycles. The van der Waals surface area contributed by atoms with E-state index in [-0.39, 0.29) is 46.7 Å². The number of phenols is 3. The molecule has 2 heterocycles. The SMILES string of the molecule is COc1cc(O)cc2c1C(=O)[C@H]1OCc3cc(O)c(O)cc3[C@H]1O2. The summed E-state index contributed by atoms with van der Waals surface area (Å²) in [7, 11) is 1.40. The second-order valence-corrected chi connectivity index (χ2v) is 5.70. The van der Waals surface area contributed by atoms with Crippen LogP contribution in [0.1, 0.15) is 27.6 Å². The van der Waals surface area contributed by atoms with Crippen LogP contribution >= 0.6 is 0 Å². The largest absolute Gasteiger partial charge is 0.508 e. The highest BCUT2D eigenvalue weighted by Gasteiger charge is 2.44. The van der Waals surface area contributed by atoms with Gasteiger partial charge >= 0.3 is 0 Å². The Labute approximate surface area is 136 Å². The number of ketones is 1. The van der Waals surface area contributed by atoms with Gasteiger partial charge in [0.15, 0.2) is 23.7 Å². The van der Waals surface area contributed by atoms with Gasteiger partial charge in [-0.25, -0.2) is 0 Å². The van der Waals surface area contributed by atoms with Crippen molar-refractivity contribution in [2.45, 2.75) is 18.8 Å². The van der Waals surface area contributed by atoms with Crippen molar-refractivity contribution in [3.8, 4) is 28.7 Å². The number of aromatic hydroxyl groups is 3. The lowest BCUT2D eigenvalue weighted by molar-refractivity contribution is -0.0427. The van der Waals surface area contributed by atoms with Gasteiger partial charge in [0.05, 0.1) is 13.7 Å². The molecule has 2 aliphatic rings. The number of ether oxygens (including phenoxy) is 3. The van der Waals surface area contributed by atoms with Gasteiger partial charge in [-0.2, -0.15) is 0 Å². The molecule has 0 fully saturated rings. The predicted molar refractivity (Wildman–Crippen MR) is 80.7 cm³/mol. The first-order valence-electron chi connectivity index (χ1n) is 7.28. The molecule has 0 bridgehead atoms. The first kappa shape index (κ1) is 14.6. The minimum absolute atomic E-state index is 0.0950. The second-order valence-electron chi connectivity index (χ2n) is 5.70. The number of fused-ring (bicyclic) bond motifs is 4. The molecule has 24 heavy (non-hydrogen) atoms. The molecule has 0 unspecified atom stereocenters. The van der Waals surface area contributed by atoms with Crippen LogP contribution in [0.5, 0.6) is 28.7 Å². The van der Waals surface area contributed by atoms with Gasteiger partial charge in [-0.15, -0.1) is 0 Å². The maximum Gasteiger partial charge on any atom is 0.203 e. The Bertz CT molecular complexity index is 859. The molecule has 0 aliphatic carbocycles. The van der Waals surface area contributed by atoms with Crippen molar-refractivity contribution in [2.24, 2.45) is 0 Å². The Balaban J connectivity index is 1.87. The molecule has 7 nitrogen and oxygen atoms in total. The van der Waals surface area contributed by atoms with Gasteiger partial charge < -0.3 is 29.5 Å². The van der Waals surface area contributed by atoms with E-state index >= 15 is 0 Å². The Morgan fingerprint density at radius 2 is 1.83 bits per heavy atom. The summed E-state index contributed by atoms with van der Waals surface area (Å²) in [6, 6.07) is 5.41. The van der Waals surface area contributed by atoms with Crippen LogP contribution in [0.2, 0.25) is 0 Å². The van der Waals surface area contributed by atoms with Crippen LogP contribution in [-0.2, 0) is 11.3 Å². The van der Waals surface area contributed by atoms with Gasteiger partial charge in [-0.1, -0.05) is 0 Å². The highest BCUT2D eigenvalue weighted by molar-refractivity contribution is 6.06. The quantitative estimate of drug-likeness (QED) is 0.687. The van der Waals surface area contributed by atoms with Crippen molar-refractivity contribution >= 4 is 5.78 Å². The lowest BCUT2D eigenvalue weighted by atomic mass is 9.88. The lowest BCUT2D eigenvalue weighted by Gasteiger charge is -2.37. The number of hydrogen-bond donors (Lipinski definition) is 3. The molecule has 0 aromatic heterocycles. The Morgan fingerprint density at radius 1 is 1.08 bits per heavy atom. The van der Waals surface area contributed by atoms with Crippen LogP contribution in [0.4, 0.5) is 0 Å². The van der Waals surface area contributed by atoms with Gasteiger partial charge in [0.2, 0.25) is 5.78 Å². The summed E-state index contributed by atoms with van der Waals surface area (Å²) in [6.07, 6.45) is -1.68. The number of carbonyl (C=O) groups excluding carboxylic acids is 1. The van der Waals surface area contributed by atoms with Crippen LogP contribution in [-0.4, -0.2) is 34.3 Å². The van der Waals surface area contributed by atoms with Crippen LogP contribution < -0.4 is 9.47 Å². The van der Waals surface area contributed by atoms with E-state index in [0.717, 1.165) is 0 Å². The third kappa shape index (κ3) is 1.98. The zero-order valence-electron chi connectivity index (χ0n) is 12.6. The average Bonchev–Trinajstić information content (AvgIpc) is 2.55. The summed E-state index contributed by atoms with van der Waals surface area (Å²) in [5.41, 5.74) is 1.39. The van der Waals surface area contributed by atoms with Crippen LogP contribution in [0.3, 0.4) is 0 Å². The number of methoxy groups -OCH3 is 1. The van der Waals surface area contributed by atoms with Crippen molar-refractivity contribution in [3.63, 3.8) is 0 Å². The molecule has 3 N–H and O–H groups in total. The monoisotopic (exact) mass is 330 g/mol. The summed E-state index contributed by atoms with van der Waals surface area (Å²) >= 11 is 0. The van der Waals surface area contributed by atoms with E-state index in [4.69, 9.17) is 14.2 Å². The third-order valence-corrected chi connectivity index (χ3v) is 4.27. The van der Waals surface area contributed by atoms with Gasteiger partial charge in [-0.3, -0.25) is 4.79 Å². The molecular formula is C17H14O7. The molecule has 0 saturated heterocycles. The first-order chi connectivity index (χ1) is 11.5. The number of rotatable bonds is 1. The van der Waals surface area contributed by atoms with Crippen molar-refractivity contribution in [1.82, 2.24) is 0 Å². The number of phenolic OH excluding ortho intramolecular Hbond substituents is 3. The molecule has 4 rings (SSSR count). The fourth-order valence-corrected chi connectivity index (χ4v) is 3.15. The van der Waals surface area contributed by atoms with Crippen molar-refractivity contribution in [2.75, 3.05) is 7.11 Å². The van der Waals surface area contributed by atoms with Gasteiger partial charge in [0.25, 0.3) is 0 Å². The van der Waals surface area contributed by atoms with Gasteiger partial charge in [-0.05, 0) is 17.7 Å². The maximum absolute atomic E-state index is 12.8. The summed E-state index contributed by atoms with van der Waals surface area (Å²) in [4.78, 5) is 12.8. The lowest BCUT2D eigenvalue weighted by Crippen LogP contribution is -2.41. The molecule has 0 amide bonds. The number of benzene rings is 2. The highest BCUT2D eigenvalue weighted by Crippen LogP contribution is 2.47. The van der Waals surface area contributed by atoms with Gasteiger partial charge in [0, 0.05) is 17.7 Å². The summed E-state index contributed by atoms with van der Waals surface area (Å²) in [5.74, 6) is -0.598. The maximum atomic E-state index is 12.8.